The van der Waals surface area contributed by atoms with E-state index in [0.29, 0.717) is 17.9 Å². The van der Waals surface area contributed by atoms with Gasteiger partial charge in [0.25, 0.3) is 5.91 Å². The van der Waals surface area contributed by atoms with Crippen LogP contribution in [0.3, 0.4) is 0 Å². The first kappa shape index (κ1) is 12.2. The van der Waals surface area contributed by atoms with Gasteiger partial charge in [-0.2, -0.15) is 0 Å². The summed E-state index contributed by atoms with van der Waals surface area (Å²) in [6, 6.07) is 4.43. The number of aromatic hydroxyl groups is 2. The number of piperidine rings is 1. The SMILES string of the molecule is O=C(c1cccc(O)c1O)N1CCCC(Br)C1. The van der Waals surface area contributed by atoms with Crippen molar-refractivity contribution in [3.8, 4) is 11.5 Å². The number of carbonyl (C=O) groups is 1. The molecule has 1 amide bonds. The van der Waals surface area contributed by atoms with E-state index in [1.807, 2.05) is 0 Å². The van der Waals surface area contributed by atoms with Crippen molar-refractivity contribution in [3.05, 3.63) is 23.8 Å². The number of amides is 1. The molecule has 1 unspecified atom stereocenters. The molecule has 1 fully saturated rings. The van der Waals surface area contributed by atoms with Gasteiger partial charge in [0, 0.05) is 17.9 Å². The van der Waals surface area contributed by atoms with Gasteiger partial charge in [-0.05, 0) is 25.0 Å². The number of phenolic OH excluding ortho intramolecular Hbond substituents is 2. The Morgan fingerprint density at radius 3 is 2.88 bits per heavy atom. The average Bonchev–Trinajstić information content (AvgIpc) is 2.32. The van der Waals surface area contributed by atoms with E-state index in [1.54, 1.807) is 11.0 Å². The summed E-state index contributed by atoms with van der Waals surface area (Å²) in [7, 11) is 0. The minimum Gasteiger partial charge on any atom is -0.504 e. The zero-order chi connectivity index (χ0) is 12.4. The maximum Gasteiger partial charge on any atom is 0.257 e. The van der Waals surface area contributed by atoms with Crippen LogP contribution < -0.4 is 0 Å². The molecule has 1 aliphatic rings. The number of alkyl halides is 1. The maximum absolute atomic E-state index is 12.2. The van der Waals surface area contributed by atoms with Gasteiger partial charge in [-0.3, -0.25) is 4.79 Å². The lowest BCUT2D eigenvalue weighted by Crippen LogP contribution is -2.40. The van der Waals surface area contributed by atoms with E-state index >= 15 is 0 Å². The molecule has 0 aliphatic carbocycles. The molecule has 0 saturated carbocycles. The lowest BCUT2D eigenvalue weighted by atomic mass is 10.1. The van der Waals surface area contributed by atoms with Gasteiger partial charge >= 0.3 is 0 Å². The molecule has 92 valence electrons. The summed E-state index contributed by atoms with van der Waals surface area (Å²) in [5.74, 6) is -0.833. The minimum atomic E-state index is -0.339. The maximum atomic E-state index is 12.2. The molecule has 0 spiro atoms. The van der Waals surface area contributed by atoms with Crippen molar-refractivity contribution in [2.24, 2.45) is 0 Å². The standard InChI is InChI=1S/C12H14BrNO3/c13-8-3-2-6-14(7-8)12(17)9-4-1-5-10(15)11(9)16/h1,4-5,8,15-16H,2-3,6-7H2. The van der Waals surface area contributed by atoms with Crippen molar-refractivity contribution in [3.63, 3.8) is 0 Å². The van der Waals surface area contributed by atoms with Crippen LogP contribution in [0.2, 0.25) is 0 Å². The lowest BCUT2D eigenvalue weighted by molar-refractivity contribution is 0.0726. The normalized spacial score (nSPS) is 20.3. The van der Waals surface area contributed by atoms with Gasteiger partial charge in [-0.25, -0.2) is 0 Å². The molecule has 0 bridgehead atoms. The zero-order valence-corrected chi connectivity index (χ0v) is 10.9. The van der Waals surface area contributed by atoms with Crippen molar-refractivity contribution >= 4 is 21.8 Å². The number of hydrogen-bond acceptors (Lipinski definition) is 3. The fourth-order valence-electron chi connectivity index (χ4n) is 1.98. The molecule has 5 heteroatoms. The molecule has 2 rings (SSSR count). The van der Waals surface area contributed by atoms with E-state index in [1.165, 1.54) is 12.1 Å². The Balaban J connectivity index is 2.22. The summed E-state index contributed by atoms with van der Waals surface area (Å²) in [5, 5.41) is 19.0. The van der Waals surface area contributed by atoms with Crippen molar-refractivity contribution in [1.29, 1.82) is 0 Å². The minimum absolute atomic E-state index is 0.159. The quantitative estimate of drug-likeness (QED) is 0.617. The smallest absolute Gasteiger partial charge is 0.257 e. The first-order valence-electron chi connectivity index (χ1n) is 5.54. The van der Waals surface area contributed by atoms with Gasteiger partial charge in [0.2, 0.25) is 0 Å². The Morgan fingerprint density at radius 2 is 2.18 bits per heavy atom. The predicted molar refractivity (Wildman–Crippen MR) is 67.6 cm³/mol. The highest BCUT2D eigenvalue weighted by molar-refractivity contribution is 9.09. The summed E-state index contributed by atoms with van der Waals surface area (Å²) in [4.78, 5) is 14.1. The topological polar surface area (TPSA) is 60.8 Å². The summed E-state index contributed by atoms with van der Waals surface area (Å²) >= 11 is 3.50. The average molecular weight is 300 g/mol. The van der Waals surface area contributed by atoms with Crippen molar-refractivity contribution < 1.29 is 15.0 Å². The molecule has 1 saturated heterocycles. The molecular weight excluding hydrogens is 286 g/mol. The van der Waals surface area contributed by atoms with Crippen molar-refractivity contribution in [2.75, 3.05) is 13.1 Å². The fraction of sp³-hybridized carbons (Fsp3) is 0.417. The number of carbonyl (C=O) groups excluding carboxylic acids is 1. The molecule has 1 aromatic carbocycles. The van der Waals surface area contributed by atoms with Crippen LogP contribution in [0.25, 0.3) is 0 Å². The van der Waals surface area contributed by atoms with Crippen LogP contribution >= 0.6 is 15.9 Å². The number of para-hydroxylation sites is 1. The molecule has 0 aromatic heterocycles. The molecule has 2 N–H and O–H groups in total. The van der Waals surface area contributed by atoms with E-state index in [4.69, 9.17) is 0 Å². The van der Waals surface area contributed by atoms with Crippen LogP contribution in [0, 0.1) is 0 Å². The second-order valence-electron chi connectivity index (χ2n) is 4.16. The number of phenols is 2. The van der Waals surface area contributed by atoms with Gasteiger partial charge < -0.3 is 15.1 Å². The first-order valence-corrected chi connectivity index (χ1v) is 6.45. The third-order valence-electron chi connectivity index (χ3n) is 2.90. The molecule has 17 heavy (non-hydrogen) atoms. The molecule has 1 heterocycles. The summed E-state index contributed by atoms with van der Waals surface area (Å²) < 4.78 is 0. The lowest BCUT2D eigenvalue weighted by Gasteiger charge is -2.30. The van der Waals surface area contributed by atoms with Gasteiger partial charge in [0.15, 0.2) is 11.5 Å². The Labute approximate surface area is 108 Å². The Bertz CT molecular complexity index is 436. The Morgan fingerprint density at radius 1 is 1.41 bits per heavy atom. The molecule has 1 atom stereocenters. The second kappa shape index (κ2) is 4.96. The number of benzene rings is 1. The Kier molecular flexibility index (Phi) is 3.57. The third kappa shape index (κ3) is 2.54. The summed E-state index contributed by atoms with van der Waals surface area (Å²) in [6.45, 7) is 1.32. The van der Waals surface area contributed by atoms with Crippen molar-refractivity contribution in [1.82, 2.24) is 4.90 Å². The van der Waals surface area contributed by atoms with E-state index in [9.17, 15) is 15.0 Å². The summed E-state index contributed by atoms with van der Waals surface area (Å²) in [5.41, 5.74) is 0.159. The van der Waals surface area contributed by atoms with Crippen LogP contribution in [0.15, 0.2) is 18.2 Å². The van der Waals surface area contributed by atoms with Crippen LogP contribution in [0.5, 0.6) is 11.5 Å². The zero-order valence-electron chi connectivity index (χ0n) is 9.27. The number of nitrogens with zero attached hydrogens (tertiary/aromatic N) is 1. The van der Waals surface area contributed by atoms with Gasteiger partial charge in [0.05, 0.1) is 5.56 Å². The first-order chi connectivity index (χ1) is 8.09. The van der Waals surface area contributed by atoms with Crippen LogP contribution in [-0.4, -0.2) is 38.9 Å². The highest BCUT2D eigenvalue weighted by atomic mass is 79.9. The number of hydrogen-bond donors (Lipinski definition) is 2. The van der Waals surface area contributed by atoms with E-state index < -0.39 is 0 Å². The second-order valence-corrected chi connectivity index (χ2v) is 5.46. The summed E-state index contributed by atoms with van der Waals surface area (Å²) in [6.07, 6.45) is 2.00. The molecule has 1 aliphatic heterocycles. The number of rotatable bonds is 1. The molecule has 0 radical (unpaired) electrons. The highest BCUT2D eigenvalue weighted by Crippen LogP contribution is 2.30. The Hall–Kier alpha value is -1.23. The largest absolute Gasteiger partial charge is 0.504 e. The monoisotopic (exact) mass is 299 g/mol. The predicted octanol–water partition coefficient (Wildman–Crippen LogP) is 2.10. The van der Waals surface area contributed by atoms with Crippen LogP contribution in [0.4, 0.5) is 0 Å². The van der Waals surface area contributed by atoms with Crippen LogP contribution in [0.1, 0.15) is 23.2 Å². The fourth-order valence-corrected chi connectivity index (χ4v) is 2.66. The molecular formula is C12H14BrNO3. The third-order valence-corrected chi connectivity index (χ3v) is 3.64. The molecule has 4 nitrogen and oxygen atoms in total. The van der Waals surface area contributed by atoms with Gasteiger partial charge in [-0.15, -0.1) is 0 Å². The van der Waals surface area contributed by atoms with Crippen LogP contribution in [-0.2, 0) is 0 Å². The van der Waals surface area contributed by atoms with E-state index in [2.05, 4.69) is 15.9 Å². The van der Waals surface area contributed by atoms with E-state index in [-0.39, 0.29) is 23.0 Å². The van der Waals surface area contributed by atoms with E-state index in [0.717, 1.165) is 12.8 Å². The molecule has 1 aromatic rings. The van der Waals surface area contributed by atoms with Gasteiger partial charge in [0.1, 0.15) is 0 Å². The van der Waals surface area contributed by atoms with Gasteiger partial charge in [-0.1, -0.05) is 22.0 Å². The number of halogens is 1. The van der Waals surface area contributed by atoms with Crippen molar-refractivity contribution in [2.45, 2.75) is 17.7 Å². The number of likely N-dealkylation sites (tertiary alicyclic amines) is 1. The highest BCUT2D eigenvalue weighted by Gasteiger charge is 2.25.